The summed E-state index contributed by atoms with van der Waals surface area (Å²) in [6.07, 6.45) is 0.978. The van der Waals surface area contributed by atoms with Crippen molar-refractivity contribution < 1.29 is 14.6 Å². The average Bonchev–Trinajstić information content (AvgIpc) is 2.32. The molecule has 3 nitrogen and oxygen atoms in total. The Morgan fingerprint density at radius 3 is 2.42 bits per heavy atom. The Morgan fingerprint density at radius 2 is 1.89 bits per heavy atom. The first-order valence-electron chi connectivity index (χ1n) is 6.13. The number of aliphatic hydroxyl groups excluding tert-OH is 1. The van der Waals surface area contributed by atoms with Crippen LogP contribution in [0.5, 0.6) is 5.75 Å². The molecule has 1 aromatic rings. The number of hydrogen-bond donors (Lipinski definition) is 1. The lowest BCUT2D eigenvalue weighted by atomic mass is 9.88. The zero-order valence-electron chi connectivity index (χ0n) is 10.4. The van der Waals surface area contributed by atoms with Crippen molar-refractivity contribution in [2.45, 2.75) is 38.1 Å². The molecule has 6 heteroatoms. The first-order chi connectivity index (χ1) is 9.02. The van der Waals surface area contributed by atoms with Gasteiger partial charge >= 0.3 is 0 Å². The van der Waals surface area contributed by atoms with Crippen LogP contribution < -0.4 is 4.74 Å². The minimum Gasteiger partial charge on any atom is -0.485 e. The van der Waals surface area contributed by atoms with Crippen molar-refractivity contribution in [3.8, 4) is 5.75 Å². The fourth-order valence-corrected chi connectivity index (χ4v) is 5.78. The summed E-state index contributed by atoms with van der Waals surface area (Å²) in [5.74, 6) is 0.906. The second-order valence-electron chi connectivity index (χ2n) is 4.49. The van der Waals surface area contributed by atoms with Gasteiger partial charge in [0.15, 0.2) is 0 Å². The van der Waals surface area contributed by atoms with Crippen molar-refractivity contribution >= 4 is 67.8 Å². The second kappa shape index (κ2) is 7.41. The third kappa shape index (κ3) is 4.07. The summed E-state index contributed by atoms with van der Waals surface area (Å²) in [4.78, 5) is 0. The van der Waals surface area contributed by atoms with Gasteiger partial charge in [-0.3, -0.25) is 0 Å². The summed E-state index contributed by atoms with van der Waals surface area (Å²) in [5, 5.41) is 9.76. The SMILES string of the molecule is CCCOC1C(O)CC1Oc1c(I)cc(I)cc1I. The number of rotatable bonds is 5. The largest absolute Gasteiger partial charge is 0.485 e. The molecule has 3 unspecified atom stereocenters. The molecule has 1 N–H and O–H groups in total. The predicted octanol–water partition coefficient (Wildman–Crippen LogP) is 3.81. The molecule has 0 bridgehead atoms. The van der Waals surface area contributed by atoms with Gasteiger partial charge in [0.25, 0.3) is 0 Å². The first kappa shape index (κ1) is 16.5. The Morgan fingerprint density at radius 1 is 1.26 bits per heavy atom. The number of ether oxygens (including phenoxy) is 2. The predicted molar refractivity (Wildman–Crippen MR) is 99.7 cm³/mol. The van der Waals surface area contributed by atoms with Gasteiger partial charge < -0.3 is 14.6 Å². The van der Waals surface area contributed by atoms with E-state index in [-0.39, 0.29) is 12.2 Å². The molecular weight excluding hydrogens is 585 g/mol. The van der Waals surface area contributed by atoms with Crippen LogP contribution in [-0.4, -0.2) is 30.0 Å². The smallest absolute Gasteiger partial charge is 0.146 e. The first-order valence-corrected chi connectivity index (χ1v) is 9.37. The summed E-state index contributed by atoms with van der Waals surface area (Å²) < 4.78 is 15.1. The number of hydrogen-bond acceptors (Lipinski definition) is 3. The molecule has 1 aliphatic rings. The molecule has 0 heterocycles. The van der Waals surface area contributed by atoms with Gasteiger partial charge in [-0.15, -0.1) is 0 Å². The molecule has 0 aromatic heterocycles. The van der Waals surface area contributed by atoms with Crippen LogP contribution in [0, 0.1) is 10.7 Å². The molecule has 1 aliphatic carbocycles. The molecule has 19 heavy (non-hydrogen) atoms. The number of aliphatic hydroxyl groups is 1. The molecule has 1 aromatic carbocycles. The minimum absolute atomic E-state index is 0.0383. The van der Waals surface area contributed by atoms with Gasteiger partial charge in [-0.25, -0.2) is 0 Å². The van der Waals surface area contributed by atoms with Gasteiger partial charge in [-0.05, 0) is 86.3 Å². The minimum atomic E-state index is -0.393. The average molecular weight is 600 g/mol. The van der Waals surface area contributed by atoms with Crippen LogP contribution >= 0.6 is 67.8 Å². The Balaban J connectivity index is 2.05. The van der Waals surface area contributed by atoms with E-state index >= 15 is 0 Å². The quantitative estimate of drug-likeness (QED) is 0.524. The van der Waals surface area contributed by atoms with Gasteiger partial charge in [-0.1, -0.05) is 6.92 Å². The highest BCUT2D eigenvalue weighted by Gasteiger charge is 2.43. The van der Waals surface area contributed by atoms with Crippen LogP contribution in [0.15, 0.2) is 12.1 Å². The van der Waals surface area contributed by atoms with Crippen LogP contribution in [0.1, 0.15) is 19.8 Å². The Kier molecular flexibility index (Phi) is 6.44. The fourth-order valence-electron chi connectivity index (χ4n) is 1.94. The Hall–Kier alpha value is 1.13. The van der Waals surface area contributed by atoms with Crippen molar-refractivity contribution in [1.82, 2.24) is 0 Å². The second-order valence-corrected chi connectivity index (χ2v) is 8.06. The molecular formula is C13H15I3O3. The maximum Gasteiger partial charge on any atom is 0.146 e. The van der Waals surface area contributed by atoms with E-state index in [1.807, 2.05) is 0 Å². The summed E-state index contributed by atoms with van der Waals surface area (Å²) in [5.41, 5.74) is 0. The van der Waals surface area contributed by atoms with E-state index in [4.69, 9.17) is 9.47 Å². The highest BCUT2D eigenvalue weighted by Crippen LogP contribution is 2.35. The van der Waals surface area contributed by atoms with E-state index in [0.717, 1.165) is 19.3 Å². The monoisotopic (exact) mass is 600 g/mol. The van der Waals surface area contributed by atoms with E-state index in [2.05, 4.69) is 86.8 Å². The van der Waals surface area contributed by atoms with Crippen molar-refractivity contribution in [3.63, 3.8) is 0 Å². The Bertz CT molecular complexity index is 430. The molecule has 1 fully saturated rings. The normalized spacial score (nSPS) is 26.1. The Labute approximate surface area is 154 Å². The number of benzene rings is 1. The zero-order valence-corrected chi connectivity index (χ0v) is 16.9. The van der Waals surface area contributed by atoms with E-state index in [9.17, 15) is 5.11 Å². The van der Waals surface area contributed by atoms with Crippen LogP contribution in [-0.2, 0) is 4.74 Å². The van der Waals surface area contributed by atoms with Crippen LogP contribution in [0.25, 0.3) is 0 Å². The molecule has 0 radical (unpaired) electrons. The maximum atomic E-state index is 9.76. The lowest BCUT2D eigenvalue weighted by molar-refractivity contribution is -0.162. The molecule has 0 amide bonds. The molecule has 1 saturated carbocycles. The maximum absolute atomic E-state index is 9.76. The van der Waals surface area contributed by atoms with Crippen LogP contribution in [0.2, 0.25) is 0 Å². The van der Waals surface area contributed by atoms with Crippen molar-refractivity contribution in [2.24, 2.45) is 0 Å². The van der Waals surface area contributed by atoms with Gasteiger partial charge in [0, 0.05) is 16.6 Å². The highest BCUT2D eigenvalue weighted by molar-refractivity contribution is 14.1. The lowest BCUT2D eigenvalue weighted by Gasteiger charge is -2.41. The van der Waals surface area contributed by atoms with Crippen LogP contribution in [0.4, 0.5) is 0 Å². The summed E-state index contributed by atoms with van der Waals surface area (Å²) in [6.45, 7) is 2.73. The summed E-state index contributed by atoms with van der Waals surface area (Å²) in [6, 6.07) is 4.19. The molecule has 0 aliphatic heterocycles. The van der Waals surface area contributed by atoms with Crippen molar-refractivity contribution in [3.05, 3.63) is 22.8 Å². The molecule has 2 rings (SSSR count). The summed E-state index contributed by atoms with van der Waals surface area (Å²) >= 11 is 6.88. The third-order valence-corrected chi connectivity index (χ3v) is 5.19. The van der Waals surface area contributed by atoms with E-state index < -0.39 is 6.10 Å². The van der Waals surface area contributed by atoms with E-state index in [1.54, 1.807) is 0 Å². The summed E-state index contributed by atoms with van der Waals surface area (Å²) in [7, 11) is 0. The van der Waals surface area contributed by atoms with Crippen molar-refractivity contribution in [1.29, 1.82) is 0 Å². The zero-order chi connectivity index (χ0) is 14.0. The molecule has 0 spiro atoms. The van der Waals surface area contributed by atoms with Crippen LogP contribution in [0.3, 0.4) is 0 Å². The van der Waals surface area contributed by atoms with E-state index in [1.165, 1.54) is 3.57 Å². The van der Waals surface area contributed by atoms with Crippen molar-refractivity contribution in [2.75, 3.05) is 6.61 Å². The highest BCUT2D eigenvalue weighted by atomic mass is 127. The lowest BCUT2D eigenvalue weighted by Crippen LogP contribution is -2.55. The molecule has 0 saturated heterocycles. The fraction of sp³-hybridized carbons (Fsp3) is 0.538. The van der Waals surface area contributed by atoms with Gasteiger partial charge in [0.2, 0.25) is 0 Å². The van der Waals surface area contributed by atoms with E-state index in [0.29, 0.717) is 13.0 Å². The van der Waals surface area contributed by atoms with Gasteiger partial charge in [0.1, 0.15) is 18.0 Å². The third-order valence-electron chi connectivity index (χ3n) is 2.97. The topological polar surface area (TPSA) is 38.7 Å². The molecule has 106 valence electrons. The molecule has 3 atom stereocenters. The van der Waals surface area contributed by atoms with Gasteiger partial charge in [-0.2, -0.15) is 0 Å². The standard InChI is InChI=1S/C13H15I3O3/c1-2-3-18-13-10(17)6-11(13)19-12-8(15)4-7(14)5-9(12)16/h4-5,10-11,13,17H,2-3,6H2,1H3. The van der Waals surface area contributed by atoms with Gasteiger partial charge in [0.05, 0.1) is 13.2 Å². The number of halogens is 3.